The Morgan fingerprint density at radius 2 is 1.94 bits per heavy atom. The first-order valence-electron chi connectivity index (χ1n) is 11.3. The van der Waals surface area contributed by atoms with Crippen molar-refractivity contribution < 1.29 is 17.9 Å². The van der Waals surface area contributed by atoms with E-state index < -0.39 is 17.7 Å². The van der Waals surface area contributed by atoms with Gasteiger partial charge in [-0.15, -0.1) is 0 Å². The van der Waals surface area contributed by atoms with Gasteiger partial charge in [-0.05, 0) is 55.2 Å². The van der Waals surface area contributed by atoms with Crippen LogP contribution in [0.15, 0.2) is 55.0 Å². The second kappa shape index (κ2) is 9.05. The largest absolute Gasteiger partial charge is 0.495 e. The molecule has 0 amide bonds. The molecule has 6 nitrogen and oxygen atoms in total. The molecule has 0 N–H and O–H groups in total. The summed E-state index contributed by atoms with van der Waals surface area (Å²) in [5.41, 5.74) is 2.29. The van der Waals surface area contributed by atoms with Crippen LogP contribution in [-0.2, 0) is 12.7 Å². The zero-order valence-corrected chi connectivity index (χ0v) is 19.3. The van der Waals surface area contributed by atoms with E-state index >= 15 is 0 Å². The topological polar surface area (TPSA) is 57.8 Å². The molecule has 35 heavy (non-hydrogen) atoms. The first kappa shape index (κ1) is 22.9. The summed E-state index contributed by atoms with van der Waals surface area (Å²) >= 11 is 0. The fourth-order valence-corrected chi connectivity index (χ4v) is 4.53. The summed E-state index contributed by atoms with van der Waals surface area (Å²) in [6.07, 6.45) is 4.21. The Hall–Kier alpha value is -3.88. The van der Waals surface area contributed by atoms with Gasteiger partial charge < -0.3 is 9.30 Å². The first-order chi connectivity index (χ1) is 16.8. The highest BCUT2D eigenvalue weighted by Gasteiger charge is 2.37. The van der Waals surface area contributed by atoms with Crippen molar-refractivity contribution in [3.8, 4) is 11.4 Å². The molecule has 1 aliphatic heterocycles. The molecule has 1 unspecified atom stereocenters. The van der Waals surface area contributed by atoms with E-state index in [0.29, 0.717) is 30.4 Å². The fourth-order valence-electron chi connectivity index (χ4n) is 4.53. The molecule has 9 heteroatoms. The van der Waals surface area contributed by atoms with Gasteiger partial charge in [-0.25, -0.2) is 14.6 Å². The van der Waals surface area contributed by atoms with E-state index in [9.17, 15) is 13.2 Å². The van der Waals surface area contributed by atoms with E-state index in [-0.39, 0.29) is 5.56 Å². The van der Waals surface area contributed by atoms with Crippen molar-refractivity contribution in [1.82, 2.24) is 24.3 Å². The van der Waals surface area contributed by atoms with Gasteiger partial charge >= 0.3 is 6.18 Å². The number of aromatic nitrogens is 5. The SMILES string of the molecule is COc1cc(C=Cc2nc3n(n2)CCCC3c2ccccc2C(F)(F)F)ccc1-n1cnc(C)c1. The summed E-state index contributed by atoms with van der Waals surface area (Å²) in [4.78, 5) is 8.87. The van der Waals surface area contributed by atoms with Crippen LogP contribution in [0, 0.1) is 6.92 Å². The van der Waals surface area contributed by atoms with Gasteiger partial charge in [0.15, 0.2) is 5.82 Å². The fraction of sp³-hybridized carbons (Fsp3) is 0.269. The quantitative estimate of drug-likeness (QED) is 0.358. The van der Waals surface area contributed by atoms with Crippen LogP contribution in [-0.4, -0.2) is 31.4 Å². The molecule has 1 atom stereocenters. The molecule has 0 bridgehead atoms. The summed E-state index contributed by atoms with van der Waals surface area (Å²) in [6, 6.07) is 11.5. The van der Waals surface area contributed by atoms with Crippen LogP contribution in [0.4, 0.5) is 13.2 Å². The van der Waals surface area contributed by atoms with E-state index in [0.717, 1.165) is 29.4 Å². The van der Waals surface area contributed by atoms with Crippen molar-refractivity contribution in [2.45, 2.75) is 38.4 Å². The number of ether oxygens (including phenoxy) is 1. The van der Waals surface area contributed by atoms with Crippen LogP contribution in [0.25, 0.3) is 17.8 Å². The summed E-state index contributed by atoms with van der Waals surface area (Å²) < 4.78 is 50.1. The van der Waals surface area contributed by atoms with Crippen LogP contribution in [0.5, 0.6) is 5.75 Å². The summed E-state index contributed by atoms with van der Waals surface area (Å²) in [7, 11) is 1.61. The average molecular weight is 480 g/mol. The predicted octanol–water partition coefficient (Wildman–Crippen LogP) is 5.90. The normalized spacial score (nSPS) is 16.0. The molecule has 0 radical (unpaired) electrons. The second-order valence-corrected chi connectivity index (χ2v) is 8.52. The molecule has 2 aromatic heterocycles. The van der Waals surface area contributed by atoms with Crippen molar-refractivity contribution in [2.24, 2.45) is 0 Å². The third-order valence-corrected chi connectivity index (χ3v) is 6.15. The number of aryl methyl sites for hydroxylation is 2. The minimum absolute atomic E-state index is 0.249. The molecule has 0 saturated carbocycles. The van der Waals surface area contributed by atoms with E-state index in [4.69, 9.17) is 4.74 Å². The number of hydrogen-bond acceptors (Lipinski definition) is 4. The van der Waals surface area contributed by atoms with Crippen LogP contribution < -0.4 is 4.74 Å². The number of imidazole rings is 1. The number of methoxy groups -OCH3 is 1. The average Bonchev–Trinajstić information content (AvgIpc) is 3.47. The number of hydrogen-bond donors (Lipinski definition) is 0. The molecule has 0 fully saturated rings. The Balaban J connectivity index is 1.43. The minimum atomic E-state index is -4.41. The Kier molecular flexibility index (Phi) is 5.92. The maximum atomic E-state index is 13.6. The maximum Gasteiger partial charge on any atom is 0.416 e. The highest BCUT2D eigenvalue weighted by molar-refractivity contribution is 5.69. The van der Waals surface area contributed by atoms with Gasteiger partial charge in [0.25, 0.3) is 0 Å². The Bertz CT molecular complexity index is 1390. The van der Waals surface area contributed by atoms with Crippen molar-refractivity contribution >= 4 is 12.2 Å². The second-order valence-electron chi connectivity index (χ2n) is 8.52. The van der Waals surface area contributed by atoms with Crippen LogP contribution in [0.1, 0.15) is 52.8 Å². The van der Waals surface area contributed by atoms with Gasteiger partial charge in [-0.3, -0.25) is 0 Å². The Labute approximate surface area is 200 Å². The molecule has 4 aromatic rings. The standard InChI is InChI=1S/C26H24F3N5O/c1-17-15-33(16-30-17)22-11-9-18(14-23(22)35-2)10-12-24-31-25-20(7-5-13-34(25)32-24)19-6-3-4-8-21(19)26(27,28)29/h3-4,6,8-12,14-16,20H,5,7,13H2,1-2H3. The molecule has 0 spiro atoms. The monoisotopic (exact) mass is 479 g/mol. The molecule has 1 aliphatic rings. The lowest BCUT2D eigenvalue weighted by molar-refractivity contribution is -0.138. The number of nitrogens with zero attached hydrogens (tertiary/aromatic N) is 5. The molecular weight excluding hydrogens is 455 g/mol. The third-order valence-electron chi connectivity index (χ3n) is 6.15. The Morgan fingerprint density at radius 3 is 2.69 bits per heavy atom. The van der Waals surface area contributed by atoms with Crippen LogP contribution in [0.2, 0.25) is 0 Å². The predicted molar refractivity (Wildman–Crippen MR) is 126 cm³/mol. The molecule has 0 saturated heterocycles. The maximum absolute atomic E-state index is 13.6. The van der Waals surface area contributed by atoms with Crippen molar-refractivity contribution in [1.29, 1.82) is 0 Å². The zero-order valence-electron chi connectivity index (χ0n) is 19.3. The van der Waals surface area contributed by atoms with Crippen molar-refractivity contribution in [3.05, 3.63) is 89.0 Å². The van der Waals surface area contributed by atoms with E-state index in [1.807, 2.05) is 42.0 Å². The number of rotatable bonds is 5. The molecular formula is C26H24F3N5O. The van der Waals surface area contributed by atoms with Gasteiger partial charge in [0, 0.05) is 18.7 Å². The lowest BCUT2D eigenvalue weighted by Crippen LogP contribution is -2.21. The van der Waals surface area contributed by atoms with Gasteiger partial charge in [0.1, 0.15) is 11.6 Å². The third kappa shape index (κ3) is 4.58. The van der Waals surface area contributed by atoms with Gasteiger partial charge in [0.2, 0.25) is 0 Å². The van der Waals surface area contributed by atoms with Gasteiger partial charge in [0.05, 0.1) is 30.4 Å². The summed E-state index contributed by atoms with van der Waals surface area (Å²) in [5, 5.41) is 4.54. The molecule has 2 aromatic carbocycles. The summed E-state index contributed by atoms with van der Waals surface area (Å²) in [6.45, 7) is 2.55. The number of halogens is 3. The van der Waals surface area contributed by atoms with Crippen LogP contribution >= 0.6 is 0 Å². The molecule has 5 rings (SSSR count). The zero-order chi connectivity index (χ0) is 24.6. The lowest BCUT2D eigenvalue weighted by Gasteiger charge is -2.25. The molecule has 180 valence electrons. The van der Waals surface area contributed by atoms with Crippen molar-refractivity contribution in [3.63, 3.8) is 0 Å². The van der Waals surface area contributed by atoms with E-state index in [2.05, 4.69) is 15.1 Å². The number of benzene rings is 2. The highest BCUT2D eigenvalue weighted by atomic mass is 19.4. The number of fused-ring (bicyclic) bond motifs is 1. The summed E-state index contributed by atoms with van der Waals surface area (Å²) in [5.74, 6) is 1.26. The lowest BCUT2D eigenvalue weighted by atomic mass is 9.88. The highest BCUT2D eigenvalue weighted by Crippen LogP contribution is 2.40. The molecule has 0 aliphatic carbocycles. The minimum Gasteiger partial charge on any atom is -0.495 e. The van der Waals surface area contributed by atoms with E-state index in [1.54, 1.807) is 36.3 Å². The van der Waals surface area contributed by atoms with Crippen molar-refractivity contribution in [2.75, 3.05) is 7.11 Å². The number of alkyl halides is 3. The Morgan fingerprint density at radius 1 is 1.11 bits per heavy atom. The molecule has 3 heterocycles. The first-order valence-corrected chi connectivity index (χ1v) is 11.3. The van der Waals surface area contributed by atoms with Gasteiger partial charge in [-0.1, -0.05) is 30.3 Å². The van der Waals surface area contributed by atoms with Crippen LogP contribution in [0.3, 0.4) is 0 Å². The van der Waals surface area contributed by atoms with Gasteiger partial charge in [-0.2, -0.15) is 18.3 Å². The smallest absolute Gasteiger partial charge is 0.416 e. The van der Waals surface area contributed by atoms with E-state index in [1.165, 1.54) is 6.07 Å².